The van der Waals surface area contributed by atoms with Gasteiger partial charge < -0.3 is 0 Å². The monoisotopic (exact) mass is 442 g/mol. The Morgan fingerprint density at radius 3 is 2.14 bits per heavy atom. The number of amides is 1. The summed E-state index contributed by atoms with van der Waals surface area (Å²) in [6.07, 6.45) is -1.57. The first kappa shape index (κ1) is 21.7. The molecular formula is C14H11Cl2F3N4O5. The Labute approximate surface area is 164 Å². The van der Waals surface area contributed by atoms with E-state index in [1.807, 2.05) is 10.9 Å². The van der Waals surface area contributed by atoms with Crippen LogP contribution in [0.3, 0.4) is 0 Å². The van der Waals surface area contributed by atoms with Crippen molar-refractivity contribution >= 4 is 46.2 Å². The van der Waals surface area contributed by atoms with Gasteiger partial charge in [-0.15, -0.1) is 23.2 Å². The highest BCUT2D eigenvalue weighted by atomic mass is 35.5. The molecule has 2 atom stereocenters. The lowest BCUT2D eigenvalue weighted by Gasteiger charge is -2.20. The second kappa shape index (κ2) is 8.19. The predicted molar refractivity (Wildman–Crippen MR) is 92.7 cm³/mol. The summed E-state index contributed by atoms with van der Waals surface area (Å²) in [5, 5.41) is 22.3. The van der Waals surface area contributed by atoms with Crippen LogP contribution in [0.1, 0.15) is 12.0 Å². The molecule has 0 radical (unpaired) electrons. The highest BCUT2D eigenvalue weighted by molar-refractivity contribution is 6.44. The van der Waals surface area contributed by atoms with E-state index in [0.717, 1.165) is 0 Å². The van der Waals surface area contributed by atoms with Gasteiger partial charge in [-0.3, -0.25) is 35.9 Å². The molecule has 1 aliphatic rings. The van der Waals surface area contributed by atoms with E-state index in [1.54, 1.807) is 12.2 Å². The second-order valence-corrected chi connectivity index (χ2v) is 6.86. The number of hydrogen-bond acceptors (Lipinski definition) is 6. The maximum Gasteiger partial charge on any atom is 0.416 e. The maximum absolute atomic E-state index is 12.9. The summed E-state index contributed by atoms with van der Waals surface area (Å²) in [7, 11) is 0. The molecule has 1 aromatic rings. The van der Waals surface area contributed by atoms with Gasteiger partial charge in [0.05, 0.1) is 21.3 Å². The van der Waals surface area contributed by atoms with Crippen LogP contribution in [-0.2, 0) is 11.0 Å². The summed E-state index contributed by atoms with van der Waals surface area (Å²) in [6.45, 7) is 0. The average molecular weight is 443 g/mol. The first-order valence-electron chi connectivity index (χ1n) is 7.48. The van der Waals surface area contributed by atoms with Crippen LogP contribution in [0.25, 0.3) is 0 Å². The number of hydrazine groups is 1. The Morgan fingerprint density at radius 2 is 1.71 bits per heavy atom. The minimum absolute atomic E-state index is 0.134. The van der Waals surface area contributed by atoms with Crippen molar-refractivity contribution in [3.05, 3.63) is 50.1 Å². The largest absolute Gasteiger partial charge is 0.416 e. The van der Waals surface area contributed by atoms with Crippen LogP contribution in [0, 0.1) is 32.1 Å². The molecule has 0 fully saturated rings. The van der Waals surface area contributed by atoms with Crippen molar-refractivity contribution in [1.29, 1.82) is 0 Å². The number of hydrogen-bond donors (Lipinski definition) is 2. The molecule has 1 aliphatic carbocycles. The number of nitro groups is 2. The van der Waals surface area contributed by atoms with Gasteiger partial charge in [-0.2, -0.15) is 13.2 Å². The molecule has 0 bridgehead atoms. The number of benzene rings is 1. The number of alkyl halides is 5. The van der Waals surface area contributed by atoms with Crippen LogP contribution in [0.5, 0.6) is 0 Å². The van der Waals surface area contributed by atoms with Crippen LogP contribution < -0.4 is 10.9 Å². The standard InChI is InChI=1S/C14H11Cl2F3N4O5/c15-12(16)7-2-1-3-8(7)13(24)21-20-11-9(22(25)26)4-6(14(17,18)19)5-10(11)23(27)28/h1-2,4-5,7-8,12,20H,3H2,(H,21,24). The normalized spacial score (nSPS) is 18.9. The fraction of sp³-hybridized carbons (Fsp3) is 0.357. The molecule has 0 heterocycles. The van der Waals surface area contributed by atoms with E-state index < -0.39 is 61.2 Å². The third-order valence-corrected chi connectivity index (χ3v) is 4.55. The summed E-state index contributed by atoms with van der Waals surface area (Å²) in [5.74, 6) is -2.08. The minimum Gasteiger partial charge on any atom is -0.286 e. The van der Waals surface area contributed by atoms with Gasteiger partial charge in [0.2, 0.25) is 11.6 Å². The molecule has 152 valence electrons. The SMILES string of the molecule is O=C(NNc1c([N+](=O)[O-])cc(C(F)(F)F)cc1[N+](=O)[O-])C1CC=CC1C(Cl)Cl. The third-order valence-electron chi connectivity index (χ3n) is 3.97. The quantitative estimate of drug-likeness (QED) is 0.297. The Morgan fingerprint density at radius 1 is 1.18 bits per heavy atom. The zero-order chi connectivity index (χ0) is 21.2. The van der Waals surface area contributed by atoms with E-state index >= 15 is 0 Å². The summed E-state index contributed by atoms with van der Waals surface area (Å²) in [5.41, 5.74) is -0.890. The van der Waals surface area contributed by atoms with Crippen molar-refractivity contribution in [1.82, 2.24) is 5.43 Å². The van der Waals surface area contributed by atoms with Crippen molar-refractivity contribution in [2.45, 2.75) is 17.4 Å². The Bertz CT molecular complexity index is 812. The zero-order valence-electron chi connectivity index (χ0n) is 13.6. The molecule has 0 aromatic heterocycles. The maximum atomic E-state index is 12.9. The van der Waals surface area contributed by atoms with Crippen molar-refractivity contribution in [2.24, 2.45) is 11.8 Å². The van der Waals surface area contributed by atoms with Gasteiger partial charge in [-0.1, -0.05) is 12.2 Å². The Hall–Kier alpha value is -2.60. The lowest BCUT2D eigenvalue weighted by molar-refractivity contribution is -0.392. The number of nitrogens with one attached hydrogen (secondary N) is 2. The van der Waals surface area contributed by atoms with E-state index in [0.29, 0.717) is 0 Å². The minimum atomic E-state index is -5.05. The van der Waals surface area contributed by atoms with Gasteiger partial charge in [-0.25, -0.2) is 0 Å². The molecule has 1 aromatic carbocycles. The highest BCUT2D eigenvalue weighted by Gasteiger charge is 2.38. The van der Waals surface area contributed by atoms with E-state index in [9.17, 15) is 38.2 Å². The van der Waals surface area contributed by atoms with Gasteiger partial charge in [0.15, 0.2) is 0 Å². The number of carbonyl (C=O) groups is 1. The van der Waals surface area contributed by atoms with E-state index in [2.05, 4.69) is 0 Å². The van der Waals surface area contributed by atoms with Gasteiger partial charge in [0, 0.05) is 18.1 Å². The van der Waals surface area contributed by atoms with Crippen LogP contribution >= 0.6 is 23.2 Å². The molecular weight excluding hydrogens is 432 g/mol. The van der Waals surface area contributed by atoms with E-state index in [4.69, 9.17) is 23.2 Å². The molecule has 2 rings (SSSR count). The molecule has 9 nitrogen and oxygen atoms in total. The summed E-state index contributed by atoms with van der Waals surface area (Å²) in [4.78, 5) is 31.2. The molecule has 0 saturated heterocycles. The van der Waals surface area contributed by atoms with Crippen molar-refractivity contribution < 1.29 is 27.8 Å². The molecule has 0 spiro atoms. The van der Waals surface area contributed by atoms with Crippen LogP contribution in [-0.4, -0.2) is 20.6 Å². The third kappa shape index (κ3) is 4.62. The molecule has 2 N–H and O–H groups in total. The zero-order valence-corrected chi connectivity index (χ0v) is 15.1. The predicted octanol–water partition coefficient (Wildman–Crippen LogP) is 3.96. The van der Waals surface area contributed by atoms with Gasteiger partial charge in [0.1, 0.15) is 4.84 Å². The molecule has 0 aliphatic heterocycles. The van der Waals surface area contributed by atoms with Crippen LogP contribution in [0.4, 0.5) is 30.2 Å². The molecule has 28 heavy (non-hydrogen) atoms. The Kier molecular flexibility index (Phi) is 6.34. The van der Waals surface area contributed by atoms with E-state index in [1.165, 1.54) is 0 Å². The first-order chi connectivity index (χ1) is 12.9. The van der Waals surface area contributed by atoms with Crippen LogP contribution in [0.15, 0.2) is 24.3 Å². The summed E-state index contributed by atoms with van der Waals surface area (Å²) in [6, 6.07) is 0.268. The number of carbonyl (C=O) groups excluding carboxylic acids is 1. The van der Waals surface area contributed by atoms with Crippen molar-refractivity contribution in [2.75, 3.05) is 5.43 Å². The number of nitro benzene ring substituents is 2. The number of halogens is 5. The summed E-state index contributed by atoms with van der Waals surface area (Å²) >= 11 is 11.5. The van der Waals surface area contributed by atoms with Gasteiger partial charge in [-0.05, 0) is 6.42 Å². The fourth-order valence-electron chi connectivity index (χ4n) is 2.62. The topological polar surface area (TPSA) is 127 Å². The smallest absolute Gasteiger partial charge is 0.286 e. The Balaban J connectivity index is 2.35. The van der Waals surface area contributed by atoms with E-state index in [-0.39, 0.29) is 18.6 Å². The number of nitrogens with zero attached hydrogens (tertiary/aromatic N) is 2. The van der Waals surface area contributed by atoms with Crippen LogP contribution in [0.2, 0.25) is 0 Å². The lowest BCUT2D eigenvalue weighted by Crippen LogP contribution is -2.38. The fourth-order valence-corrected chi connectivity index (χ4v) is 3.14. The molecule has 0 saturated carbocycles. The molecule has 1 amide bonds. The second-order valence-electron chi connectivity index (χ2n) is 5.70. The van der Waals surface area contributed by atoms with Gasteiger partial charge >= 0.3 is 17.6 Å². The number of anilines is 1. The average Bonchev–Trinajstić information content (AvgIpc) is 3.07. The molecule has 2 unspecified atom stereocenters. The lowest BCUT2D eigenvalue weighted by atomic mass is 9.96. The van der Waals surface area contributed by atoms with Crippen molar-refractivity contribution in [3.8, 4) is 0 Å². The first-order valence-corrected chi connectivity index (χ1v) is 8.35. The summed E-state index contributed by atoms with van der Waals surface area (Å²) < 4.78 is 38.6. The number of allylic oxidation sites excluding steroid dienone is 2. The highest BCUT2D eigenvalue weighted by Crippen LogP contribution is 2.41. The van der Waals surface area contributed by atoms with Crippen molar-refractivity contribution in [3.63, 3.8) is 0 Å². The molecule has 14 heteroatoms. The number of rotatable bonds is 6. The van der Waals surface area contributed by atoms with Gasteiger partial charge in [0.25, 0.3) is 0 Å².